The number of nitrogens with one attached hydrogen (secondary N) is 1. The molecule has 4 nitrogen and oxygen atoms in total. The van der Waals surface area contributed by atoms with Crippen molar-refractivity contribution in [2.45, 2.75) is 25.9 Å². The molecule has 2 saturated carbocycles. The summed E-state index contributed by atoms with van der Waals surface area (Å²) in [5.41, 5.74) is 1.68. The molecule has 21 heavy (non-hydrogen) atoms. The van der Waals surface area contributed by atoms with Crippen molar-refractivity contribution in [3.63, 3.8) is 0 Å². The summed E-state index contributed by atoms with van der Waals surface area (Å²) in [5.74, 6) is -0.231. The predicted molar refractivity (Wildman–Crippen MR) is 77.9 cm³/mol. The Balaban J connectivity index is 1.58. The molecular weight excluding hydrogens is 290 g/mol. The van der Waals surface area contributed by atoms with Crippen LogP contribution in [0.5, 0.6) is 0 Å². The maximum absolute atomic E-state index is 12.6. The largest absolute Gasteiger partial charge is 0.462 e. The Morgan fingerprint density at radius 3 is 3.00 bits per heavy atom. The summed E-state index contributed by atoms with van der Waals surface area (Å²) in [6.07, 6.45) is 1.83. The zero-order valence-corrected chi connectivity index (χ0v) is 12.4. The van der Waals surface area contributed by atoms with Crippen molar-refractivity contribution in [1.82, 2.24) is 0 Å². The van der Waals surface area contributed by atoms with Crippen molar-refractivity contribution in [2.24, 2.45) is 23.7 Å². The maximum Gasteiger partial charge on any atom is 0.310 e. The molecule has 1 aromatic rings. The molecule has 3 aliphatic rings. The summed E-state index contributed by atoms with van der Waals surface area (Å²) in [5, 5.41) is 3.54. The minimum atomic E-state index is -0.250. The summed E-state index contributed by atoms with van der Waals surface area (Å²) in [4.78, 5) is 24.6. The molecule has 1 aliphatic heterocycles. The van der Waals surface area contributed by atoms with E-state index in [2.05, 4.69) is 5.32 Å². The molecule has 2 aliphatic carbocycles. The molecule has 0 unspecified atom stereocenters. The van der Waals surface area contributed by atoms with Crippen molar-refractivity contribution in [3.8, 4) is 0 Å². The highest BCUT2D eigenvalue weighted by Crippen LogP contribution is 2.57. The van der Waals surface area contributed by atoms with Crippen molar-refractivity contribution >= 4 is 29.2 Å². The first-order valence-corrected chi connectivity index (χ1v) is 7.70. The number of ether oxygens (including phenoxy) is 1. The molecule has 1 aromatic carbocycles. The Morgan fingerprint density at radius 2 is 2.19 bits per heavy atom. The van der Waals surface area contributed by atoms with Crippen LogP contribution in [0.3, 0.4) is 0 Å². The summed E-state index contributed by atoms with van der Waals surface area (Å²) < 4.78 is 5.37. The Morgan fingerprint density at radius 1 is 1.38 bits per heavy atom. The summed E-state index contributed by atoms with van der Waals surface area (Å²) in [7, 11) is 0. The van der Waals surface area contributed by atoms with Crippen LogP contribution in [0.15, 0.2) is 18.2 Å². The van der Waals surface area contributed by atoms with E-state index in [-0.39, 0.29) is 41.7 Å². The van der Waals surface area contributed by atoms with Crippen LogP contribution in [0.1, 0.15) is 18.4 Å². The van der Waals surface area contributed by atoms with Gasteiger partial charge in [0.15, 0.2) is 0 Å². The smallest absolute Gasteiger partial charge is 0.310 e. The van der Waals surface area contributed by atoms with Crippen LogP contribution in [0.2, 0.25) is 5.02 Å². The molecule has 5 heteroatoms. The number of aryl methyl sites for hydroxylation is 1. The fourth-order valence-corrected chi connectivity index (χ4v) is 4.48. The number of fused-ring (bicyclic) bond motifs is 1. The van der Waals surface area contributed by atoms with Gasteiger partial charge in [-0.15, -0.1) is 0 Å². The van der Waals surface area contributed by atoms with E-state index in [1.165, 1.54) is 0 Å². The third kappa shape index (κ3) is 1.89. The van der Waals surface area contributed by atoms with Crippen LogP contribution in [0.25, 0.3) is 0 Å². The standard InChI is InChI=1S/C16H16ClNO3/c1-7-2-3-9(17)6-11(7)18-15(19)13-8-4-10-12(5-8)21-16(20)14(10)13/h2-3,6,8,10,12-14H,4-5H2,1H3,(H,18,19)/t8-,10+,12+,13-,14+/m1/s1. The topological polar surface area (TPSA) is 55.4 Å². The average Bonchev–Trinajstić information content (AvgIpc) is 3.03. The average molecular weight is 306 g/mol. The molecule has 0 spiro atoms. The number of carbonyl (C=O) groups is 2. The molecule has 110 valence electrons. The van der Waals surface area contributed by atoms with Gasteiger partial charge in [-0.05, 0) is 43.4 Å². The highest BCUT2D eigenvalue weighted by atomic mass is 35.5. The van der Waals surface area contributed by atoms with Gasteiger partial charge in [-0.1, -0.05) is 17.7 Å². The summed E-state index contributed by atoms with van der Waals surface area (Å²) in [6, 6.07) is 5.42. The van der Waals surface area contributed by atoms with E-state index in [1.54, 1.807) is 12.1 Å². The van der Waals surface area contributed by atoms with E-state index in [9.17, 15) is 9.59 Å². The lowest BCUT2D eigenvalue weighted by atomic mass is 9.79. The van der Waals surface area contributed by atoms with Gasteiger partial charge < -0.3 is 10.1 Å². The third-order valence-corrected chi connectivity index (χ3v) is 5.48. The minimum absolute atomic E-state index is 0.0597. The second kappa shape index (κ2) is 4.47. The van der Waals surface area contributed by atoms with Gasteiger partial charge in [0.05, 0.1) is 11.8 Å². The first-order valence-electron chi connectivity index (χ1n) is 7.32. The second-order valence-corrected chi connectivity index (χ2v) is 6.81. The van der Waals surface area contributed by atoms with Gasteiger partial charge in [0, 0.05) is 16.6 Å². The monoisotopic (exact) mass is 305 g/mol. The molecule has 1 amide bonds. The fraction of sp³-hybridized carbons (Fsp3) is 0.500. The van der Waals surface area contributed by atoms with Gasteiger partial charge in [0.1, 0.15) is 6.10 Å². The Hall–Kier alpha value is -1.55. The van der Waals surface area contributed by atoms with E-state index in [1.807, 2.05) is 13.0 Å². The predicted octanol–water partition coefficient (Wildman–Crippen LogP) is 2.78. The minimum Gasteiger partial charge on any atom is -0.462 e. The number of benzene rings is 1. The Labute approximate surface area is 127 Å². The number of rotatable bonds is 2. The van der Waals surface area contributed by atoms with E-state index in [0.29, 0.717) is 5.02 Å². The van der Waals surface area contributed by atoms with Gasteiger partial charge in [0.2, 0.25) is 5.91 Å². The normalized spacial score (nSPS) is 35.9. The lowest BCUT2D eigenvalue weighted by Gasteiger charge is -2.24. The van der Waals surface area contributed by atoms with Crippen LogP contribution in [0, 0.1) is 30.6 Å². The lowest BCUT2D eigenvalue weighted by molar-refractivity contribution is -0.145. The van der Waals surface area contributed by atoms with Crippen LogP contribution >= 0.6 is 11.6 Å². The van der Waals surface area contributed by atoms with Crippen molar-refractivity contribution in [1.29, 1.82) is 0 Å². The maximum atomic E-state index is 12.6. The molecule has 4 rings (SSSR count). The number of hydrogen-bond donors (Lipinski definition) is 1. The molecule has 3 fully saturated rings. The van der Waals surface area contributed by atoms with Gasteiger partial charge in [0.25, 0.3) is 0 Å². The van der Waals surface area contributed by atoms with Gasteiger partial charge in [-0.3, -0.25) is 9.59 Å². The molecule has 2 bridgehead atoms. The molecule has 0 radical (unpaired) electrons. The number of halogens is 1. The van der Waals surface area contributed by atoms with Gasteiger partial charge in [-0.25, -0.2) is 0 Å². The fourth-order valence-electron chi connectivity index (χ4n) is 4.31. The number of esters is 1. The van der Waals surface area contributed by atoms with E-state index in [4.69, 9.17) is 16.3 Å². The summed E-state index contributed by atoms with van der Waals surface area (Å²) in [6.45, 7) is 1.92. The van der Waals surface area contributed by atoms with Crippen molar-refractivity contribution in [3.05, 3.63) is 28.8 Å². The van der Waals surface area contributed by atoms with Crippen LogP contribution in [-0.4, -0.2) is 18.0 Å². The SMILES string of the molecule is Cc1ccc(Cl)cc1NC(=O)[C@@H]1[C@@H]2C[C@@H]3[C@@H]1C(=O)O[C@H]3C2. The van der Waals surface area contributed by atoms with Crippen molar-refractivity contribution in [2.75, 3.05) is 5.32 Å². The molecule has 1 N–H and O–H groups in total. The van der Waals surface area contributed by atoms with Crippen LogP contribution < -0.4 is 5.32 Å². The zero-order chi connectivity index (χ0) is 14.7. The van der Waals surface area contributed by atoms with Crippen LogP contribution in [0.4, 0.5) is 5.69 Å². The Bertz CT molecular complexity index is 642. The molecule has 1 saturated heterocycles. The number of amides is 1. The van der Waals surface area contributed by atoms with Gasteiger partial charge >= 0.3 is 5.97 Å². The van der Waals surface area contributed by atoms with Crippen molar-refractivity contribution < 1.29 is 14.3 Å². The number of hydrogen-bond acceptors (Lipinski definition) is 3. The summed E-state index contributed by atoms with van der Waals surface area (Å²) >= 11 is 5.98. The first-order chi connectivity index (χ1) is 10.0. The lowest BCUT2D eigenvalue weighted by Crippen LogP contribution is -2.36. The van der Waals surface area contributed by atoms with E-state index >= 15 is 0 Å². The second-order valence-electron chi connectivity index (χ2n) is 6.37. The molecule has 5 atom stereocenters. The molecule has 1 heterocycles. The molecular formula is C16H16ClNO3. The zero-order valence-electron chi connectivity index (χ0n) is 11.6. The quantitative estimate of drug-likeness (QED) is 0.855. The highest BCUT2D eigenvalue weighted by Gasteiger charge is 2.63. The Kier molecular flexibility index (Phi) is 2.80. The number of carbonyl (C=O) groups excluding carboxylic acids is 2. The van der Waals surface area contributed by atoms with Crippen LogP contribution in [-0.2, 0) is 14.3 Å². The number of anilines is 1. The van der Waals surface area contributed by atoms with E-state index in [0.717, 1.165) is 24.1 Å². The first kappa shape index (κ1) is 13.1. The van der Waals surface area contributed by atoms with E-state index < -0.39 is 0 Å². The third-order valence-electron chi connectivity index (χ3n) is 5.24. The van der Waals surface area contributed by atoms with Gasteiger partial charge in [-0.2, -0.15) is 0 Å². The molecule has 0 aromatic heterocycles. The highest BCUT2D eigenvalue weighted by molar-refractivity contribution is 6.31.